The molecule has 1 heterocycles. The predicted molar refractivity (Wildman–Crippen MR) is 69.7 cm³/mol. The zero-order chi connectivity index (χ0) is 12.0. The minimum absolute atomic E-state index is 0.581. The molecule has 0 aliphatic carbocycles. The first kappa shape index (κ1) is 13.5. The van der Waals surface area contributed by atoms with E-state index in [4.69, 9.17) is 11.6 Å². The fourth-order valence-corrected chi connectivity index (χ4v) is 1.87. The van der Waals surface area contributed by atoms with Gasteiger partial charge in [-0.15, -0.1) is 0 Å². The Morgan fingerprint density at radius 2 is 2.19 bits per heavy atom. The van der Waals surface area contributed by atoms with Crippen molar-refractivity contribution in [3.63, 3.8) is 0 Å². The summed E-state index contributed by atoms with van der Waals surface area (Å²) in [7, 11) is 0. The van der Waals surface area contributed by atoms with E-state index in [1.807, 2.05) is 12.1 Å². The van der Waals surface area contributed by atoms with Gasteiger partial charge in [0.15, 0.2) is 0 Å². The van der Waals surface area contributed by atoms with Gasteiger partial charge in [0.1, 0.15) is 5.15 Å². The van der Waals surface area contributed by atoms with Crippen LogP contribution in [0.2, 0.25) is 5.15 Å². The van der Waals surface area contributed by atoms with Crippen LogP contribution in [0.5, 0.6) is 0 Å². The van der Waals surface area contributed by atoms with E-state index in [0.717, 1.165) is 25.6 Å². The van der Waals surface area contributed by atoms with E-state index in [-0.39, 0.29) is 0 Å². The van der Waals surface area contributed by atoms with E-state index < -0.39 is 0 Å². The van der Waals surface area contributed by atoms with E-state index in [0.29, 0.717) is 5.15 Å². The first-order chi connectivity index (χ1) is 7.65. The SMILES string of the molecule is CCC(C)CN(CC)Cc1ccnc(Cl)c1. The Morgan fingerprint density at radius 1 is 1.44 bits per heavy atom. The van der Waals surface area contributed by atoms with Gasteiger partial charge in [-0.3, -0.25) is 4.90 Å². The van der Waals surface area contributed by atoms with E-state index in [2.05, 4.69) is 30.7 Å². The molecule has 0 saturated carbocycles. The molecular formula is C13H21ClN2. The number of halogens is 1. The number of hydrogen-bond donors (Lipinski definition) is 0. The van der Waals surface area contributed by atoms with Crippen molar-refractivity contribution in [1.82, 2.24) is 9.88 Å². The van der Waals surface area contributed by atoms with E-state index in [9.17, 15) is 0 Å². The average molecular weight is 241 g/mol. The molecule has 0 N–H and O–H groups in total. The van der Waals surface area contributed by atoms with E-state index in [1.165, 1.54) is 12.0 Å². The van der Waals surface area contributed by atoms with Crippen molar-refractivity contribution in [2.24, 2.45) is 5.92 Å². The quantitative estimate of drug-likeness (QED) is 0.707. The third-order valence-corrected chi connectivity index (χ3v) is 3.12. The van der Waals surface area contributed by atoms with Crippen LogP contribution < -0.4 is 0 Å². The Morgan fingerprint density at radius 3 is 2.75 bits per heavy atom. The summed E-state index contributed by atoms with van der Waals surface area (Å²) in [4.78, 5) is 6.44. The van der Waals surface area contributed by atoms with Gasteiger partial charge in [0.25, 0.3) is 0 Å². The second-order valence-corrected chi connectivity index (χ2v) is 4.72. The van der Waals surface area contributed by atoms with Crippen LogP contribution in [0.3, 0.4) is 0 Å². The third-order valence-electron chi connectivity index (χ3n) is 2.91. The lowest BCUT2D eigenvalue weighted by molar-refractivity contribution is 0.238. The maximum atomic E-state index is 5.87. The Balaban J connectivity index is 2.56. The topological polar surface area (TPSA) is 16.1 Å². The lowest BCUT2D eigenvalue weighted by atomic mass is 10.1. The van der Waals surface area contributed by atoms with Gasteiger partial charge in [0.05, 0.1) is 0 Å². The average Bonchev–Trinajstić information content (AvgIpc) is 2.28. The second kappa shape index (κ2) is 6.87. The van der Waals surface area contributed by atoms with Crippen LogP contribution >= 0.6 is 11.6 Å². The molecule has 0 saturated heterocycles. The molecule has 0 fully saturated rings. The van der Waals surface area contributed by atoms with Gasteiger partial charge < -0.3 is 0 Å². The molecule has 0 spiro atoms. The van der Waals surface area contributed by atoms with Crippen LogP contribution in [0.4, 0.5) is 0 Å². The van der Waals surface area contributed by atoms with Gasteiger partial charge in [-0.05, 0) is 30.2 Å². The van der Waals surface area contributed by atoms with Crippen molar-refractivity contribution in [2.75, 3.05) is 13.1 Å². The Bertz CT molecular complexity index is 315. The Kier molecular flexibility index (Phi) is 5.78. The normalized spacial score (nSPS) is 13.1. The highest BCUT2D eigenvalue weighted by molar-refractivity contribution is 6.29. The van der Waals surface area contributed by atoms with Gasteiger partial charge in [0.2, 0.25) is 0 Å². The van der Waals surface area contributed by atoms with Gasteiger partial charge in [-0.2, -0.15) is 0 Å². The number of aromatic nitrogens is 1. The van der Waals surface area contributed by atoms with Crippen molar-refractivity contribution in [3.05, 3.63) is 29.0 Å². The summed E-state index contributed by atoms with van der Waals surface area (Å²) >= 11 is 5.87. The lowest BCUT2D eigenvalue weighted by Crippen LogP contribution is -2.27. The molecule has 90 valence electrons. The summed E-state index contributed by atoms with van der Waals surface area (Å²) in [5, 5.41) is 0.581. The number of hydrogen-bond acceptors (Lipinski definition) is 2. The number of rotatable bonds is 6. The molecule has 1 aromatic rings. The fraction of sp³-hybridized carbons (Fsp3) is 0.615. The first-order valence-corrected chi connectivity index (χ1v) is 6.36. The van der Waals surface area contributed by atoms with Gasteiger partial charge in [0, 0.05) is 19.3 Å². The highest BCUT2D eigenvalue weighted by Gasteiger charge is 2.08. The number of pyridine rings is 1. The van der Waals surface area contributed by atoms with Crippen LogP contribution in [-0.2, 0) is 6.54 Å². The molecule has 1 aromatic heterocycles. The van der Waals surface area contributed by atoms with Crippen LogP contribution in [0.25, 0.3) is 0 Å². The number of nitrogens with zero attached hydrogens (tertiary/aromatic N) is 2. The molecule has 1 rings (SSSR count). The molecule has 0 aliphatic heterocycles. The van der Waals surface area contributed by atoms with Gasteiger partial charge in [-0.1, -0.05) is 38.8 Å². The largest absolute Gasteiger partial charge is 0.299 e. The second-order valence-electron chi connectivity index (χ2n) is 4.33. The zero-order valence-corrected chi connectivity index (χ0v) is 11.2. The molecule has 0 aliphatic rings. The molecular weight excluding hydrogens is 220 g/mol. The minimum Gasteiger partial charge on any atom is -0.299 e. The maximum Gasteiger partial charge on any atom is 0.129 e. The summed E-state index contributed by atoms with van der Waals surface area (Å²) in [5.41, 5.74) is 1.24. The molecule has 2 nitrogen and oxygen atoms in total. The highest BCUT2D eigenvalue weighted by atomic mass is 35.5. The predicted octanol–water partition coefficient (Wildman–Crippen LogP) is 3.60. The molecule has 16 heavy (non-hydrogen) atoms. The minimum atomic E-state index is 0.581. The van der Waals surface area contributed by atoms with Crippen molar-refractivity contribution < 1.29 is 0 Å². The van der Waals surface area contributed by atoms with Crippen LogP contribution in [0.1, 0.15) is 32.8 Å². The maximum absolute atomic E-state index is 5.87. The molecule has 0 amide bonds. The molecule has 1 atom stereocenters. The first-order valence-electron chi connectivity index (χ1n) is 5.98. The summed E-state index contributed by atoms with van der Waals surface area (Å²) in [6.07, 6.45) is 3.00. The summed E-state index contributed by atoms with van der Waals surface area (Å²) in [6, 6.07) is 3.98. The molecule has 0 aromatic carbocycles. The third kappa shape index (κ3) is 4.50. The molecule has 0 radical (unpaired) electrons. The van der Waals surface area contributed by atoms with Crippen molar-refractivity contribution >= 4 is 11.6 Å². The van der Waals surface area contributed by atoms with Crippen LogP contribution in [0.15, 0.2) is 18.3 Å². The van der Waals surface area contributed by atoms with Crippen molar-refractivity contribution in [2.45, 2.75) is 33.7 Å². The molecule has 1 unspecified atom stereocenters. The standard InChI is InChI=1S/C13H21ClN2/c1-4-11(3)9-16(5-2)10-12-6-7-15-13(14)8-12/h6-8,11H,4-5,9-10H2,1-3H3. The Hall–Kier alpha value is -0.600. The van der Waals surface area contributed by atoms with E-state index >= 15 is 0 Å². The van der Waals surface area contributed by atoms with Crippen LogP contribution in [0, 0.1) is 5.92 Å². The van der Waals surface area contributed by atoms with Crippen molar-refractivity contribution in [3.8, 4) is 0 Å². The van der Waals surface area contributed by atoms with Gasteiger partial charge in [-0.25, -0.2) is 4.98 Å². The van der Waals surface area contributed by atoms with Crippen molar-refractivity contribution in [1.29, 1.82) is 0 Å². The van der Waals surface area contributed by atoms with Gasteiger partial charge >= 0.3 is 0 Å². The monoisotopic (exact) mass is 240 g/mol. The smallest absolute Gasteiger partial charge is 0.129 e. The lowest BCUT2D eigenvalue weighted by Gasteiger charge is -2.23. The zero-order valence-electron chi connectivity index (χ0n) is 10.4. The fourth-order valence-electron chi connectivity index (χ4n) is 1.67. The molecule has 0 bridgehead atoms. The summed E-state index contributed by atoms with van der Waals surface area (Å²) in [6.45, 7) is 9.91. The summed E-state index contributed by atoms with van der Waals surface area (Å²) < 4.78 is 0. The summed E-state index contributed by atoms with van der Waals surface area (Å²) in [5.74, 6) is 0.747. The van der Waals surface area contributed by atoms with E-state index in [1.54, 1.807) is 6.20 Å². The highest BCUT2D eigenvalue weighted by Crippen LogP contribution is 2.12. The van der Waals surface area contributed by atoms with Crippen LogP contribution in [-0.4, -0.2) is 23.0 Å². The molecule has 3 heteroatoms. The Labute approximate surface area is 104 Å².